The van der Waals surface area contributed by atoms with Gasteiger partial charge in [0, 0.05) is 31.6 Å². The van der Waals surface area contributed by atoms with E-state index in [4.69, 9.17) is 0 Å². The first-order chi connectivity index (χ1) is 7.30. The molecule has 0 atom stereocenters. The molecule has 0 radical (unpaired) electrons. The molecule has 0 aromatic heterocycles. The van der Waals surface area contributed by atoms with Crippen LogP contribution in [0.4, 0.5) is 5.69 Å². The first kappa shape index (κ1) is 12.8. The van der Waals surface area contributed by atoms with Gasteiger partial charge in [0.1, 0.15) is 5.78 Å². The first-order valence-corrected chi connectivity index (χ1v) is 5.60. The molecular formula is C14H21NO. The second-order valence-electron chi connectivity index (χ2n) is 5.41. The number of nitrogens with zero attached hydrogens (tertiary/aromatic N) is 1. The van der Waals surface area contributed by atoms with E-state index in [1.807, 2.05) is 59.1 Å². The van der Waals surface area contributed by atoms with E-state index < -0.39 is 0 Å². The second kappa shape index (κ2) is 4.69. The Morgan fingerprint density at radius 1 is 1.12 bits per heavy atom. The van der Waals surface area contributed by atoms with E-state index in [0.29, 0.717) is 6.42 Å². The molecule has 0 saturated heterocycles. The van der Waals surface area contributed by atoms with Crippen LogP contribution in [0.3, 0.4) is 0 Å². The third kappa shape index (κ3) is 3.37. The Bertz CT molecular complexity index is 357. The summed E-state index contributed by atoms with van der Waals surface area (Å²) in [4.78, 5) is 13.9. The second-order valence-corrected chi connectivity index (χ2v) is 5.41. The zero-order valence-electron chi connectivity index (χ0n) is 10.9. The Labute approximate surface area is 98.3 Å². The van der Waals surface area contributed by atoms with Gasteiger partial charge in [-0.2, -0.15) is 0 Å². The number of Topliss-reactive ketones (excluding diaryl/α,β-unsaturated/α-hetero) is 1. The molecule has 1 rings (SSSR count). The van der Waals surface area contributed by atoms with E-state index in [1.165, 1.54) is 0 Å². The Kier molecular flexibility index (Phi) is 3.74. The highest BCUT2D eigenvalue weighted by Crippen LogP contribution is 2.19. The summed E-state index contributed by atoms with van der Waals surface area (Å²) in [5.74, 6) is 0.283. The maximum atomic E-state index is 11.8. The van der Waals surface area contributed by atoms with Gasteiger partial charge in [-0.25, -0.2) is 0 Å². The van der Waals surface area contributed by atoms with Gasteiger partial charge in [0.15, 0.2) is 0 Å². The highest BCUT2D eigenvalue weighted by molar-refractivity contribution is 5.85. The van der Waals surface area contributed by atoms with Gasteiger partial charge in [0.25, 0.3) is 0 Å². The predicted octanol–water partition coefficient (Wildman–Crippen LogP) is 2.91. The van der Waals surface area contributed by atoms with Crippen molar-refractivity contribution in [2.45, 2.75) is 27.2 Å². The van der Waals surface area contributed by atoms with Gasteiger partial charge in [-0.15, -0.1) is 0 Å². The molecule has 0 spiro atoms. The van der Waals surface area contributed by atoms with Crippen LogP contribution in [0.5, 0.6) is 0 Å². The van der Waals surface area contributed by atoms with Crippen molar-refractivity contribution in [1.29, 1.82) is 0 Å². The quantitative estimate of drug-likeness (QED) is 0.779. The number of hydrogen-bond donors (Lipinski definition) is 0. The number of carbonyl (C=O) groups excluding carboxylic acids is 1. The van der Waals surface area contributed by atoms with Crippen molar-refractivity contribution >= 4 is 11.5 Å². The number of benzene rings is 1. The normalized spacial score (nSPS) is 11.3. The van der Waals surface area contributed by atoms with E-state index in [1.54, 1.807) is 0 Å². The van der Waals surface area contributed by atoms with Crippen LogP contribution in [-0.4, -0.2) is 19.9 Å². The molecule has 0 aliphatic rings. The van der Waals surface area contributed by atoms with Gasteiger partial charge in [-0.05, 0) is 17.7 Å². The van der Waals surface area contributed by atoms with Crippen molar-refractivity contribution in [1.82, 2.24) is 0 Å². The van der Waals surface area contributed by atoms with E-state index in [2.05, 4.69) is 4.90 Å². The van der Waals surface area contributed by atoms with E-state index in [9.17, 15) is 4.79 Å². The van der Waals surface area contributed by atoms with Gasteiger partial charge in [0.05, 0.1) is 0 Å². The fraction of sp³-hybridized carbons (Fsp3) is 0.500. The van der Waals surface area contributed by atoms with Gasteiger partial charge in [-0.3, -0.25) is 4.79 Å². The summed E-state index contributed by atoms with van der Waals surface area (Å²) in [7, 11) is 4.02. The van der Waals surface area contributed by atoms with Crippen LogP contribution in [0.1, 0.15) is 26.3 Å². The van der Waals surface area contributed by atoms with E-state index >= 15 is 0 Å². The molecule has 0 bridgehead atoms. The summed E-state index contributed by atoms with van der Waals surface area (Å²) in [6.45, 7) is 5.89. The van der Waals surface area contributed by atoms with Crippen molar-refractivity contribution in [2.24, 2.45) is 5.41 Å². The van der Waals surface area contributed by atoms with Crippen molar-refractivity contribution in [3.63, 3.8) is 0 Å². The van der Waals surface area contributed by atoms with E-state index in [0.717, 1.165) is 11.3 Å². The molecule has 1 aromatic carbocycles. The monoisotopic (exact) mass is 219 g/mol. The van der Waals surface area contributed by atoms with Gasteiger partial charge in [-0.1, -0.05) is 32.9 Å². The Hall–Kier alpha value is -1.31. The number of carbonyl (C=O) groups is 1. The molecule has 2 nitrogen and oxygen atoms in total. The Balaban J connectivity index is 2.73. The molecule has 88 valence electrons. The first-order valence-electron chi connectivity index (χ1n) is 5.60. The van der Waals surface area contributed by atoms with Gasteiger partial charge >= 0.3 is 0 Å². The summed E-state index contributed by atoms with van der Waals surface area (Å²) in [5.41, 5.74) is 2.00. The molecule has 0 N–H and O–H groups in total. The summed E-state index contributed by atoms with van der Waals surface area (Å²) < 4.78 is 0. The minimum atomic E-state index is -0.250. The fourth-order valence-corrected chi connectivity index (χ4v) is 1.36. The van der Waals surface area contributed by atoms with Crippen LogP contribution in [0, 0.1) is 5.41 Å². The van der Waals surface area contributed by atoms with Crippen LogP contribution in [-0.2, 0) is 11.2 Å². The molecule has 2 heteroatoms. The average Bonchev–Trinajstić information content (AvgIpc) is 2.17. The van der Waals surface area contributed by atoms with Gasteiger partial charge in [0.2, 0.25) is 0 Å². The summed E-state index contributed by atoms with van der Waals surface area (Å²) in [5, 5.41) is 0. The lowest BCUT2D eigenvalue weighted by molar-refractivity contribution is -0.125. The van der Waals surface area contributed by atoms with Crippen LogP contribution in [0.15, 0.2) is 24.3 Å². The lowest BCUT2D eigenvalue weighted by Gasteiger charge is -2.17. The van der Waals surface area contributed by atoms with Crippen LogP contribution in [0.25, 0.3) is 0 Å². The smallest absolute Gasteiger partial charge is 0.142 e. The molecule has 0 fully saturated rings. The maximum Gasteiger partial charge on any atom is 0.142 e. The van der Waals surface area contributed by atoms with E-state index in [-0.39, 0.29) is 11.2 Å². The highest BCUT2D eigenvalue weighted by atomic mass is 16.1. The third-order valence-electron chi connectivity index (χ3n) is 2.65. The number of rotatable bonds is 3. The zero-order chi connectivity index (χ0) is 12.3. The largest absolute Gasteiger partial charge is 0.378 e. The van der Waals surface area contributed by atoms with Crippen molar-refractivity contribution in [3.8, 4) is 0 Å². The lowest BCUT2D eigenvalue weighted by Crippen LogP contribution is -2.22. The molecule has 0 aliphatic heterocycles. The molecule has 16 heavy (non-hydrogen) atoms. The standard InChI is InChI=1S/C14H21NO/c1-14(2,3)13(16)10-11-6-8-12(9-7-11)15(4)5/h6-9H,10H2,1-5H3. The zero-order valence-corrected chi connectivity index (χ0v) is 10.9. The highest BCUT2D eigenvalue weighted by Gasteiger charge is 2.20. The Morgan fingerprint density at radius 3 is 2.00 bits per heavy atom. The third-order valence-corrected chi connectivity index (χ3v) is 2.65. The van der Waals surface area contributed by atoms with Crippen molar-refractivity contribution < 1.29 is 4.79 Å². The molecule has 0 amide bonds. The minimum Gasteiger partial charge on any atom is -0.378 e. The summed E-state index contributed by atoms with van der Waals surface area (Å²) in [6, 6.07) is 8.15. The van der Waals surface area contributed by atoms with Crippen LogP contribution in [0.2, 0.25) is 0 Å². The predicted molar refractivity (Wildman–Crippen MR) is 68.9 cm³/mol. The fourth-order valence-electron chi connectivity index (χ4n) is 1.36. The number of hydrogen-bond acceptors (Lipinski definition) is 2. The SMILES string of the molecule is CN(C)c1ccc(CC(=O)C(C)(C)C)cc1. The summed E-state index contributed by atoms with van der Waals surface area (Å²) >= 11 is 0. The molecule has 0 heterocycles. The molecule has 1 aromatic rings. The lowest BCUT2D eigenvalue weighted by atomic mass is 9.87. The Morgan fingerprint density at radius 2 is 1.62 bits per heavy atom. The molecule has 0 unspecified atom stereocenters. The molecular weight excluding hydrogens is 198 g/mol. The van der Waals surface area contributed by atoms with Gasteiger partial charge < -0.3 is 4.90 Å². The topological polar surface area (TPSA) is 20.3 Å². The maximum absolute atomic E-state index is 11.8. The summed E-state index contributed by atoms with van der Waals surface area (Å²) in [6.07, 6.45) is 0.525. The average molecular weight is 219 g/mol. The van der Waals surface area contributed by atoms with Crippen LogP contribution < -0.4 is 4.90 Å². The number of ketones is 1. The molecule has 0 aliphatic carbocycles. The molecule has 0 saturated carbocycles. The van der Waals surface area contributed by atoms with Crippen molar-refractivity contribution in [3.05, 3.63) is 29.8 Å². The van der Waals surface area contributed by atoms with Crippen molar-refractivity contribution in [2.75, 3.05) is 19.0 Å². The number of anilines is 1. The van der Waals surface area contributed by atoms with Crippen LogP contribution >= 0.6 is 0 Å². The minimum absolute atomic E-state index is 0.250.